The van der Waals surface area contributed by atoms with Gasteiger partial charge in [-0.25, -0.2) is 13.8 Å². The summed E-state index contributed by atoms with van der Waals surface area (Å²) >= 11 is 0. The number of nitrogens with zero attached hydrogens (tertiary/aromatic N) is 1. The molecule has 2 aromatic rings. The van der Waals surface area contributed by atoms with E-state index in [2.05, 4.69) is 15.3 Å². The lowest BCUT2D eigenvalue weighted by Crippen LogP contribution is -2.42. The zero-order valence-corrected chi connectivity index (χ0v) is 9.67. The van der Waals surface area contributed by atoms with E-state index in [0.717, 1.165) is 18.7 Å². The molecule has 1 unspecified atom stereocenters. The minimum Gasteiger partial charge on any atom is -0.379 e. The molecule has 1 aliphatic heterocycles. The average molecular weight is 253 g/mol. The number of fused-ring (bicyclic) bond motifs is 1. The first-order valence-corrected chi connectivity index (χ1v) is 5.87. The number of halogens is 2. The van der Waals surface area contributed by atoms with Gasteiger partial charge in [-0.05, 0) is 0 Å². The number of hydrogen-bond acceptors (Lipinski definition) is 3. The second kappa shape index (κ2) is 4.62. The molecule has 18 heavy (non-hydrogen) atoms. The predicted molar refractivity (Wildman–Crippen MR) is 62.3 cm³/mol. The van der Waals surface area contributed by atoms with Crippen LogP contribution in [0.25, 0.3) is 11.0 Å². The van der Waals surface area contributed by atoms with Gasteiger partial charge < -0.3 is 15.0 Å². The van der Waals surface area contributed by atoms with Gasteiger partial charge in [0, 0.05) is 31.1 Å². The molecule has 3 rings (SSSR count). The van der Waals surface area contributed by atoms with E-state index in [1.807, 2.05) is 0 Å². The number of benzene rings is 1. The van der Waals surface area contributed by atoms with Crippen molar-refractivity contribution in [3.8, 4) is 0 Å². The summed E-state index contributed by atoms with van der Waals surface area (Å²) in [6.07, 6.45) is 0.651. The number of H-pyrrole nitrogens is 1. The summed E-state index contributed by atoms with van der Waals surface area (Å²) in [5, 5.41) is 3.30. The third kappa shape index (κ3) is 2.21. The molecule has 0 amide bonds. The highest BCUT2D eigenvalue weighted by Gasteiger charge is 2.16. The summed E-state index contributed by atoms with van der Waals surface area (Å²) in [6, 6.07) is 2.43. The molecule has 6 heteroatoms. The first-order valence-electron chi connectivity index (χ1n) is 5.87. The SMILES string of the molecule is Fc1cc2nc(CC3COCCN3)[nH]c2cc1F. The van der Waals surface area contributed by atoms with Crippen molar-refractivity contribution in [1.29, 1.82) is 0 Å². The van der Waals surface area contributed by atoms with Gasteiger partial charge in [0.2, 0.25) is 0 Å². The standard InChI is InChI=1S/C12H13F2N3O/c13-8-4-10-11(5-9(8)14)17-12(16-10)3-7-6-18-2-1-15-7/h4-5,7,15H,1-3,6H2,(H,16,17). The fourth-order valence-electron chi connectivity index (χ4n) is 2.14. The third-order valence-electron chi connectivity index (χ3n) is 3.01. The molecule has 1 aromatic carbocycles. The van der Waals surface area contributed by atoms with Gasteiger partial charge in [0.1, 0.15) is 5.82 Å². The van der Waals surface area contributed by atoms with Crippen LogP contribution in [0.15, 0.2) is 12.1 Å². The van der Waals surface area contributed by atoms with E-state index in [4.69, 9.17) is 4.74 Å². The maximum atomic E-state index is 13.1. The van der Waals surface area contributed by atoms with Gasteiger partial charge in [-0.15, -0.1) is 0 Å². The molecule has 1 atom stereocenters. The summed E-state index contributed by atoms with van der Waals surface area (Å²) < 4.78 is 31.5. The molecule has 4 nitrogen and oxygen atoms in total. The lowest BCUT2D eigenvalue weighted by molar-refractivity contribution is 0.0765. The van der Waals surface area contributed by atoms with Crippen LogP contribution in [0.4, 0.5) is 8.78 Å². The normalized spacial score (nSPS) is 20.4. The number of morpholine rings is 1. The first kappa shape index (κ1) is 11.6. The molecule has 1 fully saturated rings. The molecule has 2 heterocycles. The van der Waals surface area contributed by atoms with Crippen LogP contribution in [-0.4, -0.2) is 35.8 Å². The first-order chi connectivity index (χ1) is 8.72. The number of aromatic amines is 1. The van der Waals surface area contributed by atoms with Gasteiger partial charge in [-0.1, -0.05) is 0 Å². The Labute approximate surface area is 102 Å². The Morgan fingerprint density at radius 1 is 1.33 bits per heavy atom. The zero-order chi connectivity index (χ0) is 12.5. The van der Waals surface area contributed by atoms with Crippen LogP contribution < -0.4 is 5.32 Å². The second-order valence-electron chi connectivity index (χ2n) is 4.40. The Morgan fingerprint density at radius 2 is 2.17 bits per heavy atom. The topological polar surface area (TPSA) is 49.9 Å². The highest BCUT2D eigenvalue weighted by molar-refractivity contribution is 5.75. The van der Waals surface area contributed by atoms with Gasteiger partial charge in [0.15, 0.2) is 11.6 Å². The van der Waals surface area contributed by atoms with Crippen LogP contribution in [0.2, 0.25) is 0 Å². The van der Waals surface area contributed by atoms with Crippen LogP contribution in [0.5, 0.6) is 0 Å². The Morgan fingerprint density at radius 3 is 2.94 bits per heavy atom. The largest absolute Gasteiger partial charge is 0.379 e. The summed E-state index contributed by atoms with van der Waals surface area (Å²) in [4.78, 5) is 7.25. The lowest BCUT2D eigenvalue weighted by atomic mass is 10.2. The Hall–Kier alpha value is -1.53. The number of hydrogen-bond donors (Lipinski definition) is 2. The number of aromatic nitrogens is 2. The summed E-state index contributed by atoms with van der Waals surface area (Å²) in [5.74, 6) is -1.03. The van der Waals surface area contributed by atoms with E-state index in [-0.39, 0.29) is 6.04 Å². The smallest absolute Gasteiger partial charge is 0.161 e. The van der Waals surface area contributed by atoms with Gasteiger partial charge >= 0.3 is 0 Å². The van der Waals surface area contributed by atoms with E-state index in [9.17, 15) is 8.78 Å². The van der Waals surface area contributed by atoms with E-state index < -0.39 is 11.6 Å². The van der Waals surface area contributed by atoms with Crippen LogP contribution in [0.3, 0.4) is 0 Å². The summed E-state index contributed by atoms with van der Waals surface area (Å²) in [6.45, 7) is 2.15. The maximum Gasteiger partial charge on any atom is 0.161 e. The van der Waals surface area contributed by atoms with Crippen LogP contribution in [0.1, 0.15) is 5.82 Å². The molecule has 0 radical (unpaired) electrons. The molecule has 96 valence electrons. The van der Waals surface area contributed by atoms with Crippen molar-refractivity contribution in [2.75, 3.05) is 19.8 Å². The highest BCUT2D eigenvalue weighted by atomic mass is 19.2. The van der Waals surface area contributed by atoms with Crippen molar-refractivity contribution in [3.63, 3.8) is 0 Å². The Bertz CT molecular complexity index is 525. The fraction of sp³-hybridized carbons (Fsp3) is 0.417. The van der Waals surface area contributed by atoms with E-state index in [1.54, 1.807) is 0 Å². The van der Waals surface area contributed by atoms with E-state index in [1.165, 1.54) is 0 Å². The Balaban J connectivity index is 1.84. The maximum absolute atomic E-state index is 13.1. The van der Waals surface area contributed by atoms with Gasteiger partial charge in [-0.3, -0.25) is 0 Å². The Kier molecular flexibility index (Phi) is 2.97. The van der Waals surface area contributed by atoms with Gasteiger partial charge in [-0.2, -0.15) is 0 Å². The molecule has 2 N–H and O–H groups in total. The monoisotopic (exact) mass is 253 g/mol. The fourth-order valence-corrected chi connectivity index (χ4v) is 2.14. The molecule has 1 aliphatic rings. The van der Waals surface area contributed by atoms with Crippen molar-refractivity contribution in [2.24, 2.45) is 0 Å². The lowest BCUT2D eigenvalue weighted by Gasteiger charge is -2.22. The van der Waals surface area contributed by atoms with Crippen LogP contribution in [-0.2, 0) is 11.2 Å². The average Bonchev–Trinajstić information content (AvgIpc) is 2.72. The van der Waals surface area contributed by atoms with Gasteiger partial charge in [0.25, 0.3) is 0 Å². The molecule has 0 spiro atoms. The second-order valence-corrected chi connectivity index (χ2v) is 4.40. The van der Waals surface area contributed by atoms with E-state index >= 15 is 0 Å². The number of imidazole rings is 1. The number of nitrogens with one attached hydrogen (secondary N) is 2. The number of rotatable bonds is 2. The van der Waals surface area contributed by atoms with E-state index in [0.29, 0.717) is 36.5 Å². The predicted octanol–water partition coefficient (Wildman–Crippen LogP) is 1.37. The van der Waals surface area contributed by atoms with Gasteiger partial charge in [0.05, 0.1) is 24.2 Å². The molecule has 1 aromatic heterocycles. The molecule has 1 saturated heterocycles. The molecule has 0 saturated carbocycles. The van der Waals surface area contributed by atoms with Crippen LogP contribution in [0, 0.1) is 11.6 Å². The van der Waals surface area contributed by atoms with Crippen molar-refractivity contribution >= 4 is 11.0 Å². The minimum absolute atomic E-state index is 0.189. The minimum atomic E-state index is -0.875. The molecule has 0 aliphatic carbocycles. The molecular formula is C12H13F2N3O. The van der Waals surface area contributed by atoms with Crippen molar-refractivity contribution in [3.05, 3.63) is 29.6 Å². The highest BCUT2D eigenvalue weighted by Crippen LogP contribution is 2.17. The van der Waals surface area contributed by atoms with Crippen molar-refractivity contribution in [1.82, 2.24) is 15.3 Å². The van der Waals surface area contributed by atoms with Crippen molar-refractivity contribution in [2.45, 2.75) is 12.5 Å². The molecule has 0 bridgehead atoms. The van der Waals surface area contributed by atoms with Crippen molar-refractivity contribution < 1.29 is 13.5 Å². The summed E-state index contributed by atoms with van der Waals surface area (Å²) in [7, 11) is 0. The quantitative estimate of drug-likeness (QED) is 0.850. The number of ether oxygens (including phenoxy) is 1. The molecular weight excluding hydrogens is 240 g/mol. The van der Waals surface area contributed by atoms with Crippen LogP contribution >= 0.6 is 0 Å². The zero-order valence-electron chi connectivity index (χ0n) is 9.67. The third-order valence-corrected chi connectivity index (χ3v) is 3.01. The summed E-state index contributed by atoms with van der Waals surface area (Å²) in [5.41, 5.74) is 0.959.